The van der Waals surface area contributed by atoms with Crippen molar-refractivity contribution >= 4 is 27.5 Å². The number of halogens is 1. The maximum absolute atomic E-state index is 12.7. The molecular weight excluding hydrogens is 402 g/mol. The lowest BCUT2D eigenvalue weighted by Gasteiger charge is -2.30. The third kappa shape index (κ3) is 4.89. The number of aryl methyl sites for hydroxylation is 2. The van der Waals surface area contributed by atoms with E-state index in [1.165, 1.54) is 16.6 Å². The minimum atomic E-state index is -3.69. The van der Waals surface area contributed by atoms with Crippen LogP contribution in [0.1, 0.15) is 24.8 Å². The minimum absolute atomic E-state index is 0.00780. The molecule has 2 aromatic heterocycles. The van der Waals surface area contributed by atoms with E-state index in [0.29, 0.717) is 19.4 Å². The van der Waals surface area contributed by atoms with Gasteiger partial charge in [-0.05, 0) is 43.9 Å². The smallest absolute Gasteiger partial charge is 0.246 e. The monoisotopic (exact) mass is 425 g/mol. The fraction of sp³-hybridized carbons (Fsp3) is 0.500. The van der Waals surface area contributed by atoms with Gasteiger partial charge in [-0.15, -0.1) is 0 Å². The molecule has 0 aliphatic carbocycles. The molecule has 10 heteroatoms. The molecule has 0 atom stereocenters. The summed E-state index contributed by atoms with van der Waals surface area (Å²) < 4.78 is 28.7. The van der Waals surface area contributed by atoms with E-state index in [1.54, 1.807) is 12.3 Å². The van der Waals surface area contributed by atoms with Crippen LogP contribution in [0.5, 0.6) is 0 Å². The second-order valence-corrected chi connectivity index (χ2v) is 9.16. The number of nitrogens with zero attached hydrogens (tertiary/aromatic N) is 4. The first-order chi connectivity index (χ1) is 13.4. The Bertz CT molecular complexity index is 923. The van der Waals surface area contributed by atoms with E-state index in [9.17, 15) is 13.2 Å². The SMILES string of the molecule is Cc1cnn(CCCNC(=O)C2CCN(S(=O)(=O)c3cccnc3Cl)CC2)c1. The minimum Gasteiger partial charge on any atom is -0.356 e. The Morgan fingerprint density at radius 2 is 2.11 bits per heavy atom. The Labute approximate surface area is 169 Å². The van der Waals surface area contributed by atoms with Crippen LogP contribution in [0, 0.1) is 12.8 Å². The number of amides is 1. The third-order valence-corrected chi connectivity index (χ3v) is 7.14. The Morgan fingerprint density at radius 3 is 2.75 bits per heavy atom. The fourth-order valence-electron chi connectivity index (χ4n) is 3.25. The standard InChI is InChI=1S/C18H24ClN5O3S/c1-14-12-22-23(13-14)9-3-8-21-18(25)15-5-10-24(11-6-15)28(26,27)16-4-2-7-20-17(16)19/h2,4,7,12-13,15H,3,5-6,8-11H2,1H3,(H,21,25). The molecule has 0 aromatic carbocycles. The summed E-state index contributed by atoms with van der Waals surface area (Å²) in [7, 11) is -3.69. The van der Waals surface area contributed by atoms with Crippen LogP contribution < -0.4 is 5.32 Å². The van der Waals surface area contributed by atoms with Gasteiger partial charge in [-0.2, -0.15) is 9.40 Å². The molecular formula is C18H24ClN5O3S. The molecule has 0 bridgehead atoms. The normalized spacial score (nSPS) is 16.2. The highest BCUT2D eigenvalue weighted by Crippen LogP contribution is 2.27. The van der Waals surface area contributed by atoms with Crippen molar-refractivity contribution in [2.45, 2.75) is 37.6 Å². The van der Waals surface area contributed by atoms with E-state index >= 15 is 0 Å². The van der Waals surface area contributed by atoms with Gasteiger partial charge in [0.15, 0.2) is 0 Å². The summed E-state index contributed by atoms with van der Waals surface area (Å²) in [6, 6.07) is 2.99. The number of pyridine rings is 1. The number of nitrogens with one attached hydrogen (secondary N) is 1. The molecule has 1 fully saturated rings. The quantitative estimate of drug-likeness (QED) is 0.539. The van der Waals surface area contributed by atoms with Crippen LogP contribution in [0.25, 0.3) is 0 Å². The van der Waals surface area contributed by atoms with Crippen molar-refractivity contribution in [2.75, 3.05) is 19.6 Å². The topological polar surface area (TPSA) is 97.2 Å². The number of carbonyl (C=O) groups is 1. The van der Waals surface area contributed by atoms with E-state index in [1.807, 2.05) is 17.8 Å². The lowest BCUT2D eigenvalue weighted by Crippen LogP contribution is -2.43. The maximum Gasteiger partial charge on any atom is 0.246 e. The zero-order valence-electron chi connectivity index (χ0n) is 15.7. The number of aromatic nitrogens is 3. The Balaban J connectivity index is 1.45. The fourth-order valence-corrected chi connectivity index (χ4v) is 5.14. The first-order valence-corrected chi connectivity index (χ1v) is 11.1. The van der Waals surface area contributed by atoms with E-state index < -0.39 is 10.0 Å². The number of sulfonamides is 1. The average molecular weight is 426 g/mol. The van der Waals surface area contributed by atoms with Crippen LogP contribution >= 0.6 is 11.6 Å². The van der Waals surface area contributed by atoms with E-state index in [2.05, 4.69) is 15.4 Å². The van der Waals surface area contributed by atoms with Gasteiger partial charge in [0.25, 0.3) is 0 Å². The molecule has 1 N–H and O–H groups in total. The first-order valence-electron chi connectivity index (χ1n) is 9.25. The van der Waals surface area contributed by atoms with Crippen molar-refractivity contribution in [1.29, 1.82) is 0 Å². The Hall–Kier alpha value is -1.97. The summed E-state index contributed by atoms with van der Waals surface area (Å²) in [6.45, 7) is 3.88. The van der Waals surface area contributed by atoms with E-state index in [0.717, 1.165) is 18.5 Å². The Morgan fingerprint density at radius 1 is 1.36 bits per heavy atom. The number of hydrogen-bond acceptors (Lipinski definition) is 5. The largest absolute Gasteiger partial charge is 0.356 e. The van der Waals surface area contributed by atoms with Crippen LogP contribution in [-0.4, -0.2) is 53.0 Å². The van der Waals surface area contributed by atoms with Crippen molar-refractivity contribution in [3.8, 4) is 0 Å². The third-order valence-electron chi connectivity index (χ3n) is 4.79. The number of carbonyl (C=O) groups excluding carboxylic acids is 1. The van der Waals surface area contributed by atoms with Gasteiger partial charge in [-0.3, -0.25) is 9.48 Å². The van der Waals surface area contributed by atoms with E-state index in [-0.39, 0.29) is 35.0 Å². The summed E-state index contributed by atoms with van der Waals surface area (Å²) in [5.74, 6) is -0.198. The van der Waals surface area contributed by atoms with Crippen LogP contribution in [0.15, 0.2) is 35.6 Å². The highest BCUT2D eigenvalue weighted by atomic mass is 35.5. The summed E-state index contributed by atoms with van der Waals surface area (Å²) in [5, 5.41) is 7.12. The van der Waals surface area contributed by atoms with Gasteiger partial charge in [-0.1, -0.05) is 11.6 Å². The van der Waals surface area contributed by atoms with Crippen LogP contribution in [0.3, 0.4) is 0 Å². The summed E-state index contributed by atoms with van der Waals surface area (Å²) in [4.78, 5) is 16.2. The van der Waals surface area contributed by atoms with Gasteiger partial charge >= 0.3 is 0 Å². The Kier molecular flexibility index (Phi) is 6.69. The summed E-state index contributed by atoms with van der Waals surface area (Å²) >= 11 is 5.94. The van der Waals surface area contributed by atoms with Crippen LogP contribution in [0.2, 0.25) is 5.15 Å². The van der Waals surface area contributed by atoms with Crippen molar-refractivity contribution in [3.63, 3.8) is 0 Å². The van der Waals surface area contributed by atoms with Gasteiger partial charge in [0.1, 0.15) is 10.0 Å². The maximum atomic E-state index is 12.7. The molecule has 1 amide bonds. The number of rotatable bonds is 7. The lowest BCUT2D eigenvalue weighted by molar-refractivity contribution is -0.126. The molecule has 1 aliphatic heterocycles. The molecule has 0 saturated carbocycles. The van der Waals surface area contributed by atoms with E-state index in [4.69, 9.17) is 11.6 Å². The molecule has 0 radical (unpaired) electrons. The lowest BCUT2D eigenvalue weighted by atomic mass is 9.97. The predicted octanol–water partition coefficient (Wildman–Crippen LogP) is 1.85. The number of hydrogen-bond donors (Lipinski definition) is 1. The second-order valence-electron chi connectivity index (χ2n) is 6.90. The zero-order chi connectivity index (χ0) is 20.1. The van der Waals surface area contributed by atoms with Gasteiger partial charge in [0.05, 0.1) is 6.20 Å². The first kappa shape index (κ1) is 20.8. The average Bonchev–Trinajstić information content (AvgIpc) is 3.10. The van der Waals surface area contributed by atoms with Gasteiger partial charge in [-0.25, -0.2) is 13.4 Å². The molecule has 3 rings (SSSR count). The molecule has 28 heavy (non-hydrogen) atoms. The van der Waals surface area contributed by atoms with Gasteiger partial charge < -0.3 is 5.32 Å². The molecule has 0 unspecified atom stereocenters. The van der Waals surface area contributed by atoms with Crippen LogP contribution in [0.4, 0.5) is 0 Å². The van der Waals surface area contributed by atoms with Crippen LogP contribution in [-0.2, 0) is 21.4 Å². The summed E-state index contributed by atoms with van der Waals surface area (Å²) in [5.41, 5.74) is 1.11. The second kappa shape index (κ2) is 9.02. The van der Waals surface area contributed by atoms with Gasteiger partial charge in [0.2, 0.25) is 15.9 Å². The number of piperidine rings is 1. The van der Waals surface area contributed by atoms with Crippen molar-refractivity contribution in [2.24, 2.45) is 5.92 Å². The van der Waals surface area contributed by atoms with Gasteiger partial charge in [0, 0.05) is 44.5 Å². The molecule has 2 aromatic rings. The van der Waals surface area contributed by atoms with Crippen molar-refractivity contribution < 1.29 is 13.2 Å². The molecule has 1 saturated heterocycles. The molecule has 3 heterocycles. The molecule has 152 valence electrons. The zero-order valence-corrected chi connectivity index (χ0v) is 17.3. The summed E-state index contributed by atoms with van der Waals surface area (Å²) in [6.07, 6.45) is 6.99. The highest BCUT2D eigenvalue weighted by Gasteiger charge is 2.33. The predicted molar refractivity (Wildman–Crippen MR) is 105 cm³/mol. The van der Waals surface area contributed by atoms with Crippen molar-refractivity contribution in [1.82, 2.24) is 24.4 Å². The molecule has 8 nitrogen and oxygen atoms in total. The van der Waals surface area contributed by atoms with Crippen molar-refractivity contribution in [3.05, 3.63) is 41.4 Å². The molecule has 0 spiro atoms. The molecule has 1 aliphatic rings. The highest BCUT2D eigenvalue weighted by molar-refractivity contribution is 7.89.